The van der Waals surface area contributed by atoms with E-state index in [-0.39, 0.29) is 24.3 Å². The van der Waals surface area contributed by atoms with Gasteiger partial charge in [-0.15, -0.1) is 0 Å². The lowest BCUT2D eigenvalue weighted by atomic mass is 9.95. The van der Waals surface area contributed by atoms with Crippen LogP contribution in [-0.2, 0) is 9.59 Å². The van der Waals surface area contributed by atoms with Gasteiger partial charge in [0.25, 0.3) is 0 Å². The molecule has 0 saturated carbocycles. The highest BCUT2D eigenvalue weighted by Gasteiger charge is 2.26. The van der Waals surface area contributed by atoms with Gasteiger partial charge in [0.15, 0.2) is 0 Å². The van der Waals surface area contributed by atoms with E-state index in [1.165, 1.54) is 0 Å². The summed E-state index contributed by atoms with van der Waals surface area (Å²) in [5.41, 5.74) is 1.28. The largest absolute Gasteiger partial charge is 0.495 e. The molecule has 154 valence electrons. The molecule has 1 aliphatic heterocycles. The molecular weight excluding hydrogens is 413 g/mol. The molecule has 1 fully saturated rings. The van der Waals surface area contributed by atoms with Gasteiger partial charge in [-0.3, -0.25) is 14.5 Å². The Morgan fingerprint density at radius 1 is 1.07 bits per heavy atom. The van der Waals surface area contributed by atoms with Crippen LogP contribution in [0.1, 0.15) is 12.8 Å². The van der Waals surface area contributed by atoms with Crippen molar-refractivity contribution in [1.29, 1.82) is 0 Å². The Labute approximate surface area is 180 Å². The van der Waals surface area contributed by atoms with Crippen molar-refractivity contribution >= 4 is 46.4 Å². The molecule has 0 atom stereocenters. The third-order valence-electron chi connectivity index (χ3n) is 4.89. The molecule has 29 heavy (non-hydrogen) atoms. The van der Waals surface area contributed by atoms with Crippen LogP contribution < -0.4 is 15.4 Å². The van der Waals surface area contributed by atoms with Crippen LogP contribution in [0.15, 0.2) is 42.5 Å². The molecule has 1 heterocycles. The van der Waals surface area contributed by atoms with Gasteiger partial charge in [-0.05, 0) is 56.3 Å². The zero-order valence-electron chi connectivity index (χ0n) is 16.1. The average molecular weight is 436 g/mol. The van der Waals surface area contributed by atoms with Crippen molar-refractivity contribution in [2.24, 2.45) is 5.92 Å². The van der Waals surface area contributed by atoms with Crippen LogP contribution in [0.25, 0.3) is 0 Å². The van der Waals surface area contributed by atoms with Crippen LogP contribution in [0, 0.1) is 5.92 Å². The summed E-state index contributed by atoms with van der Waals surface area (Å²) in [6.45, 7) is 1.62. The number of rotatable bonds is 6. The molecule has 3 rings (SSSR count). The van der Waals surface area contributed by atoms with Gasteiger partial charge in [0.2, 0.25) is 11.8 Å². The van der Waals surface area contributed by atoms with Crippen molar-refractivity contribution in [1.82, 2.24) is 4.90 Å². The fraction of sp³-hybridized carbons (Fsp3) is 0.333. The fourth-order valence-corrected chi connectivity index (χ4v) is 3.61. The topological polar surface area (TPSA) is 70.7 Å². The molecule has 6 nitrogen and oxygen atoms in total. The van der Waals surface area contributed by atoms with Gasteiger partial charge in [-0.25, -0.2) is 0 Å². The van der Waals surface area contributed by atoms with Gasteiger partial charge in [-0.1, -0.05) is 35.3 Å². The minimum Gasteiger partial charge on any atom is -0.495 e. The molecular formula is C21H23Cl2N3O3. The summed E-state index contributed by atoms with van der Waals surface area (Å²) in [7, 11) is 1.58. The average Bonchev–Trinajstić information content (AvgIpc) is 2.71. The number of halogens is 2. The lowest BCUT2D eigenvalue weighted by Gasteiger charge is -2.30. The Hall–Kier alpha value is -2.28. The second-order valence-electron chi connectivity index (χ2n) is 6.92. The molecule has 0 aromatic heterocycles. The lowest BCUT2D eigenvalue weighted by Crippen LogP contribution is -2.41. The van der Waals surface area contributed by atoms with Crippen LogP contribution in [0.5, 0.6) is 5.75 Å². The predicted octanol–water partition coefficient (Wildman–Crippen LogP) is 4.29. The Bertz CT molecular complexity index is 883. The summed E-state index contributed by atoms with van der Waals surface area (Å²) in [5.74, 6) is 0.404. The fourth-order valence-electron chi connectivity index (χ4n) is 3.31. The number of amides is 2. The molecule has 0 radical (unpaired) electrons. The first-order chi connectivity index (χ1) is 14.0. The number of para-hydroxylation sites is 2. The highest BCUT2D eigenvalue weighted by Crippen LogP contribution is 2.26. The second-order valence-corrected chi connectivity index (χ2v) is 7.73. The molecule has 2 aromatic rings. The lowest BCUT2D eigenvalue weighted by molar-refractivity contribution is -0.121. The van der Waals surface area contributed by atoms with E-state index in [1.54, 1.807) is 25.3 Å². The number of benzene rings is 2. The Morgan fingerprint density at radius 3 is 2.48 bits per heavy atom. The van der Waals surface area contributed by atoms with Crippen LogP contribution in [0.4, 0.5) is 11.4 Å². The van der Waals surface area contributed by atoms with E-state index in [0.717, 1.165) is 0 Å². The number of hydrogen-bond donors (Lipinski definition) is 2. The summed E-state index contributed by atoms with van der Waals surface area (Å²) in [4.78, 5) is 26.9. The molecule has 1 saturated heterocycles. The second kappa shape index (κ2) is 9.96. The van der Waals surface area contributed by atoms with Gasteiger partial charge in [0.05, 0.1) is 29.4 Å². The van der Waals surface area contributed by atoms with E-state index < -0.39 is 0 Å². The van der Waals surface area contributed by atoms with E-state index in [0.29, 0.717) is 53.1 Å². The summed E-state index contributed by atoms with van der Waals surface area (Å²) >= 11 is 11.9. The third-order valence-corrected chi connectivity index (χ3v) is 5.63. The normalized spacial score (nSPS) is 15.0. The molecule has 1 aliphatic rings. The molecule has 0 aliphatic carbocycles. The highest BCUT2D eigenvalue weighted by atomic mass is 35.5. The van der Waals surface area contributed by atoms with E-state index in [2.05, 4.69) is 10.6 Å². The third kappa shape index (κ3) is 5.85. The number of likely N-dealkylation sites (tertiary alicyclic amines) is 1. The quantitative estimate of drug-likeness (QED) is 0.709. The molecule has 0 unspecified atom stereocenters. The number of ether oxygens (including phenoxy) is 1. The van der Waals surface area contributed by atoms with Gasteiger partial charge in [0, 0.05) is 11.6 Å². The maximum absolute atomic E-state index is 12.6. The van der Waals surface area contributed by atoms with E-state index >= 15 is 0 Å². The monoisotopic (exact) mass is 435 g/mol. The maximum atomic E-state index is 12.6. The van der Waals surface area contributed by atoms with E-state index in [4.69, 9.17) is 27.9 Å². The molecule has 2 amide bonds. The van der Waals surface area contributed by atoms with Gasteiger partial charge >= 0.3 is 0 Å². The summed E-state index contributed by atoms with van der Waals surface area (Å²) in [5, 5.41) is 6.60. The Balaban J connectivity index is 1.46. The van der Waals surface area contributed by atoms with Crippen LogP contribution in [0.3, 0.4) is 0 Å². The van der Waals surface area contributed by atoms with Crippen molar-refractivity contribution in [3.63, 3.8) is 0 Å². The minimum atomic E-state index is -0.125. The van der Waals surface area contributed by atoms with Crippen molar-refractivity contribution in [3.8, 4) is 5.75 Å². The van der Waals surface area contributed by atoms with Gasteiger partial charge < -0.3 is 15.4 Å². The molecule has 8 heteroatoms. The molecule has 0 bridgehead atoms. The summed E-state index contributed by atoms with van der Waals surface area (Å²) in [6.07, 6.45) is 1.39. The summed E-state index contributed by atoms with van der Waals surface area (Å²) < 4.78 is 5.27. The smallest absolute Gasteiger partial charge is 0.238 e. The zero-order valence-corrected chi connectivity index (χ0v) is 17.6. The van der Waals surface area contributed by atoms with Crippen molar-refractivity contribution < 1.29 is 14.3 Å². The standard InChI is InChI=1S/C21H23Cl2N3O3/c1-29-19-5-3-2-4-18(19)25-21(28)14-8-10-26(11-9-14)13-20(27)24-15-6-7-16(22)17(23)12-15/h2-7,12,14H,8-11,13H2,1H3,(H,24,27)(H,25,28). The molecule has 2 N–H and O–H groups in total. The highest BCUT2D eigenvalue weighted by molar-refractivity contribution is 6.42. The van der Waals surface area contributed by atoms with Gasteiger partial charge in [-0.2, -0.15) is 0 Å². The molecule has 2 aromatic carbocycles. The number of piperidine rings is 1. The number of carbonyl (C=O) groups is 2. The van der Waals surface area contributed by atoms with Crippen molar-refractivity contribution in [3.05, 3.63) is 52.5 Å². The number of nitrogens with zero attached hydrogens (tertiary/aromatic N) is 1. The first-order valence-electron chi connectivity index (χ1n) is 9.37. The van der Waals surface area contributed by atoms with Crippen molar-refractivity contribution in [2.45, 2.75) is 12.8 Å². The van der Waals surface area contributed by atoms with Crippen LogP contribution in [-0.4, -0.2) is 43.5 Å². The van der Waals surface area contributed by atoms with Crippen LogP contribution >= 0.6 is 23.2 Å². The minimum absolute atomic E-state index is 0.0191. The van der Waals surface area contributed by atoms with E-state index in [1.807, 2.05) is 29.2 Å². The first-order valence-corrected chi connectivity index (χ1v) is 10.1. The number of anilines is 2. The zero-order chi connectivity index (χ0) is 20.8. The number of methoxy groups -OCH3 is 1. The maximum Gasteiger partial charge on any atom is 0.238 e. The van der Waals surface area contributed by atoms with E-state index in [9.17, 15) is 9.59 Å². The van der Waals surface area contributed by atoms with Crippen LogP contribution in [0.2, 0.25) is 10.0 Å². The summed E-state index contributed by atoms with van der Waals surface area (Å²) in [6, 6.07) is 12.3. The number of nitrogens with one attached hydrogen (secondary N) is 2. The number of carbonyl (C=O) groups excluding carboxylic acids is 2. The first kappa shape index (κ1) is 21.4. The van der Waals surface area contributed by atoms with Crippen molar-refractivity contribution in [2.75, 3.05) is 37.4 Å². The Morgan fingerprint density at radius 2 is 1.79 bits per heavy atom. The molecule has 0 spiro atoms. The number of hydrogen-bond acceptors (Lipinski definition) is 4. The predicted molar refractivity (Wildman–Crippen MR) is 116 cm³/mol. The SMILES string of the molecule is COc1ccccc1NC(=O)C1CCN(CC(=O)Nc2ccc(Cl)c(Cl)c2)CC1. The Kier molecular flexibility index (Phi) is 7.36. The van der Waals surface area contributed by atoms with Gasteiger partial charge in [0.1, 0.15) is 5.75 Å².